The maximum atomic E-state index is 10.4. The minimum Gasteiger partial charge on any atom is -0.478 e. The summed E-state index contributed by atoms with van der Waals surface area (Å²) in [6.07, 6.45) is 1.23. The van der Waals surface area contributed by atoms with Crippen LogP contribution in [0.3, 0.4) is 0 Å². The molecule has 0 spiro atoms. The van der Waals surface area contributed by atoms with Gasteiger partial charge in [0, 0.05) is 24.0 Å². The first-order valence-corrected chi connectivity index (χ1v) is 5.61. The molecule has 4 heteroatoms. The molecule has 0 aliphatic rings. The number of carbonyl (C=O) groups is 1. The van der Waals surface area contributed by atoms with E-state index < -0.39 is 5.97 Å². The molecule has 1 aromatic rings. The standard InChI is InChI=1S/C11H15NO2S/c1-8(5-11(13)14)6-12-7-10-9(2)3-4-15-10/h3-5,12H,6-7H2,1-2H3,(H,13,14)/b8-5-. The number of hydrogen-bond donors (Lipinski definition) is 2. The fourth-order valence-corrected chi connectivity index (χ4v) is 2.10. The third kappa shape index (κ3) is 4.27. The minimum absolute atomic E-state index is 0.615. The fraction of sp³-hybridized carbons (Fsp3) is 0.364. The van der Waals surface area contributed by atoms with Crippen LogP contribution >= 0.6 is 11.3 Å². The van der Waals surface area contributed by atoms with Gasteiger partial charge < -0.3 is 10.4 Å². The highest BCUT2D eigenvalue weighted by atomic mass is 32.1. The number of hydrogen-bond acceptors (Lipinski definition) is 3. The first-order valence-electron chi connectivity index (χ1n) is 4.73. The van der Waals surface area contributed by atoms with Gasteiger partial charge in [-0.05, 0) is 30.9 Å². The molecule has 3 nitrogen and oxygen atoms in total. The Hall–Kier alpha value is -1.13. The van der Waals surface area contributed by atoms with Gasteiger partial charge in [-0.15, -0.1) is 11.3 Å². The van der Waals surface area contributed by atoms with Crippen molar-refractivity contribution in [3.05, 3.63) is 33.5 Å². The molecule has 0 aliphatic carbocycles. The summed E-state index contributed by atoms with van der Waals surface area (Å²) in [6.45, 7) is 5.30. The number of carboxylic acid groups (broad SMARTS) is 1. The summed E-state index contributed by atoms with van der Waals surface area (Å²) in [5, 5.41) is 13.8. The maximum absolute atomic E-state index is 10.4. The lowest BCUT2D eigenvalue weighted by Gasteiger charge is -2.03. The van der Waals surface area contributed by atoms with E-state index in [0.717, 1.165) is 12.1 Å². The van der Waals surface area contributed by atoms with E-state index in [2.05, 4.69) is 23.7 Å². The molecule has 1 aromatic heterocycles. The molecule has 0 amide bonds. The Kier molecular flexibility index (Phi) is 4.52. The van der Waals surface area contributed by atoms with E-state index in [4.69, 9.17) is 5.11 Å². The van der Waals surface area contributed by atoms with Crippen LogP contribution in [-0.2, 0) is 11.3 Å². The zero-order valence-corrected chi connectivity index (χ0v) is 9.73. The van der Waals surface area contributed by atoms with Crippen LogP contribution in [0.15, 0.2) is 23.1 Å². The smallest absolute Gasteiger partial charge is 0.328 e. The van der Waals surface area contributed by atoms with E-state index >= 15 is 0 Å². The van der Waals surface area contributed by atoms with Gasteiger partial charge in [-0.1, -0.05) is 5.57 Å². The van der Waals surface area contributed by atoms with Crippen molar-refractivity contribution in [2.75, 3.05) is 6.54 Å². The quantitative estimate of drug-likeness (QED) is 0.755. The molecular weight excluding hydrogens is 210 g/mol. The van der Waals surface area contributed by atoms with Gasteiger partial charge in [-0.3, -0.25) is 0 Å². The molecule has 1 heterocycles. The van der Waals surface area contributed by atoms with Crippen molar-refractivity contribution in [3.63, 3.8) is 0 Å². The largest absolute Gasteiger partial charge is 0.478 e. The first-order chi connectivity index (χ1) is 7.09. The summed E-state index contributed by atoms with van der Waals surface area (Å²) in [6, 6.07) is 2.08. The van der Waals surface area contributed by atoms with E-state index in [-0.39, 0.29) is 0 Å². The van der Waals surface area contributed by atoms with Crippen LogP contribution in [0.5, 0.6) is 0 Å². The number of thiophene rings is 1. The molecule has 0 unspecified atom stereocenters. The number of aliphatic carboxylic acids is 1. The molecule has 15 heavy (non-hydrogen) atoms. The monoisotopic (exact) mass is 225 g/mol. The normalized spacial score (nSPS) is 11.7. The van der Waals surface area contributed by atoms with E-state index in [0.29, 0.717) is 6.54 Å². The summed E-state index contributed by atoms with van der Waals surface area (Å²) in [7, 11) is 0. The lowest BCUT2D eigenvalue weighted by Crippen LogP contribution is -2.15. The van der Waals surface area contributed by atoms with E-state index in [1.165, 1.54) is 16.5 Å². The highest BCUT2D eigenvalue weighted by Gasteiger charge is 1.99. The molecule has 0 bridgehead atoms. The molecule has 0 saturated heterocycles. The Labute approximate surface area is 93.4 Å². The van der Waals surface area contributed by atoms with Crippen LogP contribution in [0.25, 0.3) is 0 Å². The van der Waals surface area contributed by atoms with Gasteiger partial charge in [-0.2, -0.15) is 0 Å². The van der Waals surface area contributed by atoms with Crippen molar-refractivity contribution >= 4 is 17.3 Å². The minimum atomic E-state index is -0.887. The second-order valence-electron chi connectivity index (χ2n) is 3.46. The predicted molar refractivity (Wildman–Crippen MR) is 62.2 cm³/mol. The SMILES string of the molecule is C/C(=C/C(=O)O)CNCc1sccc1C. The van der Waals surface area contributed by atoms with Gasteiger partial charge >= 0.3 is 5.97 Å². The first kappa shape index (κ1) is 11.9. The number of nitrogens with one attached hydrogen (secondary N) is 1. The molecule has 1 rings (SSSR count). The Balaban J connectivity index is 2.34. The molecule has 82 valence electrons. The van der Waals surface area contributed by atoms with Gasteiger partial charge in [0.2, 0.25) is 0 Å². The Bertz CT molecular complexity index is 368. The Morgan fingerprint density at radius 2 is 2.40 bits per heavy atom. The van der Waals surface area contributed by atoms with Gasteiger partial charge in [0.25, 0.3) is 0 Å². The van der Waals surface area contributed by atoms with E-state index in [1.54, 1.807) is 11.3 Å². The summed E-state index contributed by atoms with van der Waals surface area (Å²) < 4.78 is 0. The summed E-state index contributed by atoms with van der Waals surface area (Å²) in [5.41, 5.74) is 2.11. The van der Waals surface area contributed by atoms with Crippen molar-refractivity contribution in [2.24, 2.45) is 0 Å². The molecule has 2 N–H and O–H groups in total. The Morgan fingerprint density at radius 1 is 1.67 bits per heavy atom. The summed E-state index contributed by atoms with van der Waals surface area (Å²) in [4.78, 5) is 11.7. The van der Waals surface area contributed by atoms with Gasteiger partial charge in [0.15, 0.2) is 0 Å². The van der Waals surface area contributed by atoms with Gasteiger partial charge in [0.1, 0.15) is 0 Å². The average Bonchev–Trinajstić information content (AvgIpc) is 2.50. The second-order valence-corrected chi connectivity index (χ2v) is 4.46. The summed E-state index contributed by atoms with van der Waals surface area (Å²) >= 11 is 1.72. The maximum Gasteiger partial charge on any atom is 0.328 e. The zero-order chi connectivity index (χ0) is 11.3. The average molecular weight is 225 g/mol. The van der Waals surface area contributed by atoms with Crippen molar-refractivity contribution < 1.29 is 9.90 Å². The third-order valence-corrected chi connectivity index (χ3v) is 3.05. The molecule has 0 aromatic carbocycles. The molecule has 0 fully saturated rings. The zero-order valence-electron chi connectivity index (χ0n) is 8.91. The molecule has 0 aliphatic heterocycles. The van der Waals surface area contributed by atoms with Crippen molar-refractivity contribution in [3.8, 4) is 0 Å². The van der Waals surface area contributed by atoms with Crippen molar-refractivity contribution in [1.29, 1.82) is 0 Å². The molecule has 0 radical (unpaired) electrons. The van der Waals surface area contributed by atoms with Crippen molar-refractivity contribution in [2.45, 2.75) is 20.4 Å². The van der Waals surface area contributed by atoms with Crippen LogP contribution < -0.4 is 5.32 Å². The van der Waals surface area contributed by atoms with Crippen molar-refractivity contribution in [1.82, 2.24) is 5.32 Å². The molecule has 0 saturated carbocycles. The second kappa shape index (κ2) is 5.68. The van der Waals surface area contributed by atoms with Gasteiger partial charge in [-0.25, -0.2) is 4.79 Å². The molecule has 0 atom stereocenters. The predicted octanol–water partition coefficient (Wildman–Crippen LogP) is 2.18. The lowest BCUT2D eigenvalue weighted by atomic mass is 10.2. The summed E-state index contributed by atoms with van der Waals surface area (Å²) in [5.74, 6) is -0.887. The van der Waals surface area contributed by atoms with E-state index in [1.807, 2.05) is 6.92 Å². The van der Waals surface area contributed by atoms with Crippen LogP contribution in [0.1, 0.15) is 17.4 Å². The highest BCUT2D eigenvalue weighted by Crippen LogP contribution is 2.14. The topological polar surface area (TPSA) is 49.3 Å². The van der Waals surface area contributed by atoms with E-state index in [9.17, 15) is 4.79 Å². The molecular formula is C11H15NO2S. The fourth-order valence-electron chi connectivity index (χ4n) is 1.22. The van der Waals surface area contributed by atoms with Crippen LogP contribution in [0.2, 0.25) is 0 Å². The number of aryl methyl sites for hydroxylation is 1. The number of carboxylic acids is 1. The third-order valence-electron chi connectivity index (χ3n) is 2.03. The Morgan fingerprint density at radius 3 is 2.93 bits per heavy atom. The number of rotatable bonds is 5. The highest BCUT2D eigenvalue weighted by molar-refractivity contribution is 7.10. The lowest BCUT2D eigenvalue weighted by molar-refractivity contribution is -0.131. The van der Waals surface area contributed by atoms with Crippen LogP contribution in [-0.4, -0.2) is 17.6 Å². The van der Waals surface area contributed by atoms with Gasteiger partial charge in [0.05, 0.1) is 0 Å². The van der Waals surface area contributed by atoms with Crippen LogP contribution in [0, 0.1) is 6.92 Å². The van der Waals surface area contributed by atoms with Crippen LogP contribution in [0.4, 0.5) is 0 Å².